The third-order valence-corrected chi connectivity index (χ3v) is 3.44. The van der Waals surface area contributed by atoms with E-state index in [9.17, 15) is 4.79 Å². The molecule has 0 unspecified atom stereocenters. The minimum atomic E-state index is -0.000915. The molecule has 0 saturated carbocycles. The van der Waals surface area contributed by atoms with Crippen molar-refractivity contribution in [3.8, 4) is 0 Å². The van der Waals surface area contributed by atoms with Gasteiger partial charge in [0.1, 0.15) is 0 Å². The molecule has 0 aromatic carbocycles. The van der Waals surface area contributed by atoms with Crippen molar-refractivity contribution in [1.29, 1.82) is 0 Å². The van der Waals surface area contributed by atoms with Gasteiger partial charge in [-0.25, -0.2) is 0 Å². The van der Waals surface area contributed by atoms with Crippen LogP contribution in [0.3, 0.4) is 0 Å². The fraction of sp³-hybridized carbons (Fsp3) is 0.429. The summed E-state index contributed by atoms with van der Waals surface area (Å²) in [5.41, 5.74) is 0.890. The first-order chi connectivity index (χ1) is 9.76. The Morgan fingerprint density at radius 2 is 2.35 bits per heavy atom. The molecule has 3 rings (SSSR count). The van der Waals surface area contributed by atoms with Crippen LogP contribution in [-0.2, 0) is 17.8 Å². The normalized spacial score (nSPS) is 18.8. The zero-order valence-electron chi connectivity index (χ0n) is 11.3. The Kier molecular flexibility index (Phi) is 3.45. The fourth-order valence-electron chi connectivity index (χ4n) is 2.35. The van der Waals surface area contributed by atoms with Crippen molar-refractivity contribution in [2.75, 3.05) is 6.54 Å². The molecule has 1 aliphatic heterocycles. The standard InChI is InChI=1S/C14H16N4O2/c1-2-12-16-14(20-17-12)10-7-13(19)18(8-10)9-11-5-3-4-6-15-11/h3-6,10H,2,7-9H2,1H3/t10-/m1/s1. The second kappa shape index (κ2) is 5.40. The maximum absolute atomic E-state index is 12.0. The number of pyridine rings is 1. The molecule has 3 heterocycles. The number of aryl methyl sites for hydroxylation is 1. The van der Waals surface area contributed by atoms with E-state index in [0.717, 1.165) is 12.1 Å². The van der Waals surface area contributed by atoms with Gasteiger partial charge in [-0.15, -0.1) is 0 Å². The molecule has 1 saturated heterocycles. The van der Waals surface area contributed by atoms with Crippen molar-refractivity contribution in [2.45, 2.75) is 32.2 Å². The predicted octanol–water partition coefficient (Wildman–Crippen LogP) is 1.54. The summed E-state index contributed by atoms with van der Waals surface area (Å²) < 4.78 is 5.23. The highest BCUT2D eigenvalue weighted by Crippen LogP contribution is 2.27. The number of hydrogen-bond donors (Lipinski definition) is 0. The molecule has 1 fully saturated rings. The number of amides is 1. The third kappa shape index (κ3) is 2.54. The first-order valence-corrected chi connectivity index (χ1v) is 6.76. The summed E-state index contributed by atoms with van der Waals surface area (Å²) in [7, 11) is 0. The highest BCUT2D eigenvalue weighted by Gasteiger charge is 2.34. The molecule has 104 valence electrons. The van der Waals surface area contributed by atoms with E-state index < -0.39 is 0 Å². The number of nitrogens with zero attached hydrogens (tertiary/aromatic N) is 4. The lowest BCUT2D eigenvalue weighted by atomic mass is 10.1. The van der Waals surface area contributed by atoms with Crippen LogP contribution in [0.4, 0.5) is 0 Å². The molecule has 1 atom stereocenters. The molecule has 0 aliphatic carbocycles. The first kappa shape index (κ1) is 12.8. The van der Waals surface area contributed by atoms with Crippen LogP contribution >= 0.6 is 0 Å². The monoisotopic (exact) mass is 272 g/mol. The van der Waals surface area contributed by atoms with E-state index in [2.05, 4.69) is 15.1 Å². The second-order valence-corrected chi connectivity index (χ2v) is 4.90. The molecule has 2 aromatic rings. The SMILES string of the molecule is CCc1noc([C@@H]2CC(=O)N(Cc3ccccn3)C2)n1. The van der Waals surface area contributed by atoms with Gasteiger partial charge < -0.3 is 9.42 Å². The van der Waals surface area contributed by atoms with Gasteiger partial charge in [0.25, 0.3) is 0 Å². The van der Waals surface area contributed by atoms with E-state index in [1.807, 2.05) is 25.1 Å². The lowest BCUT2D eigenvalue weighted by Gasteiger charge is -2.15. The summed E-state index contributed by atoms with van der Waals surface area (Å²) in [4.78, 5) is 22.4. The Balaban J connectivity index is 1.69. The van der Waals surface area contributed by atoms with Crippen molar-refractivity contribution in [2.24, 2.45) is 0 Å². The van der Waals surface area contributed by atoms with Crippen LogP contribution in [0.5, 0.6) is 0 Å². The number of hydrogen-bond acceptors (Lipinski definition) is 5. The highest BCUT2D eigenvalue weighted by molar-refractivity contribution is 5.79. The molecule has 2 aromatic heterocycles. The molecule has 0 spiro atoms. The molecule has 1 aliphatic rings. The van der Waals surface area contributed by atoms with Crippen LogP contribution in [0.2, 0.25) is 0 Å². The Morgan fingerprint density at radius 1 is 1.45 bits per heavy atom. The minimum Gasteiger partial charge on any atom is -0.339 e. The van der Waals surface area contributed by atoms with Crippen molar-refractivity contribution in [3.05, 3.63) is 41.8 Å². The maximum Gasteiger partial charge on any atom is 0.232 e. The van der Waals surface area contributed by atoms with Gasteiger partial charge in [0.2, 0.25) is 11.8 Å². The summed E-state index contributed by atoms with van der Waals surface area (Å²) in [6.45, 7) is 3.12. The molecule has 0 radical (unpaired) electrons. The van der Waals surface area contributed by atoms with Crippen LogP contribution in [0.1, 0.15) is 36.7 Å². The minimum absolute atomic E-state index is 0.000915. The van der Waals surface area contributed by atoms with Gasteiger partial charge in [-0.1, -0.05) is 18.1 Å². The average molecular weight is 272 g/mol. The van der Waals surface area contributed by atoms with E-state index in [1.165, 1.54) is 0 Å². The van der Waals surface area contributed by atoms with E-state index >= 15 is 0 Å². The Labute approximate surface area is 116 Å². The molecule has 6 heteroatoms. The zero-order valence-corrected chi connectivity index (χ0v) is 11.3. The summed E-state index contributed by atoms with van der Waals surface area (Å²) in [5, 5.41) is 3.89. The predicted molar refractivity (Wildman–Crippen MR) is 70.7 cm³/mol. The molecule has 6 nitrogen and oxygen atoms in total. The topological polar surface area (TPSA) is 72.1 Å². The number of rotatable bonds is 4. The lowest BCUT2D eigenvalue weighted by Crippen LogP contribution is -2.24. The molecular weight excluding hydrogens is 256 g/mol. The van der Waals surface area contributed by atoms with E-state index in [-0.39, 0.29) is 11.8 Å². The molecule has 0 bridgehead atoms. The highest BCUT2D eigenvalue weighted by atomic mass is 16.5. The van der Waals surface area contributed by atoms with Gasteiger partial charge in [-0.2, -0.15) is 4.98 Å². The van der Waals surface area contributed by atoms with Crippen LogP contribution < -0.4 is 0 Å². The summed E-state index contributed by atoms with van der Waals surface area (Å²) >= 11 is 0. The maximum atomic E-state index is 12.0. The Hall–Kier alpha value is -2.24. The van der Waals surface area contributed by atoms with Gasteiger partial charge in [0.15, 0.2) is 5.82 Å². The molecular formula is C14H16N4O2. The van der Waals surface area contributed by atoms with Gasteiger partial charge in [-0.05, 0) is 12.1 Å². The summed E-state index contributed by atoms with van der Waals surface area (Å²) in [5.74, 6) is 1.37. The van der Waals surface area contributed by atoms with Crippen molar-refractivity contribution >= 4 is 5.91 Å². The number of carbonyl (C=O) groups excluding carboxylic acids is 1. The quantitative estimate of drug-likeness (QED) is 0.844. The van der Waals surface area contributed by atoms with Crippen molar-refractivity contribution in [1.82, 2.24) is 20.0 Å². The van der Waals surface area contributed by atoms with Crippen LogP contribution in [0, 0.1) is 0 Å². The van der Waals surface area contributed by atoms with E-state index in [1.54, 1.807) is 11.1 Å². The lowest BCUT2D eigenvalue weighted by molar-refractivity contribution is -0.128. The van der Waals surface area contributed by atoms with Crippen LogP contribution in [0.15, 0.2) is 28.9 Å². The Bertz CT molecular complexity index is 596. The van der Waals surface area contributed by atoms with E-state index in [0.29, 0.717) is 31.2 Å². The van der Waals surface area contributed by atoms with Crippen molar-refractivity contribution < 1.29 is 9.32 Å². The van der Waals surface area contributed by atoms with Gasteiger partial charge in [0.05, 0.1) is 18.2 Å². The molecule has 1 amide bonds. The largest absolute Gasteiger partial charge is 0.339 e. The van der Waals surface area contributed by atoms with Crippen LogP contribution in [0.25, 0.3) is 0 Å². The fourth-order valence-corrected chi connectivity index (χ4v) is 2.35. The van der Waals surface area contributed by atoms with Gasteiger partial charge in [0, 0.05) is 25.6 Å². The van der Waals surface area contributed by atoms with Gasteiger partial charge in [-0.3, -0.25) is 9.78 Å². The first-order valence-electron chi connectivity index (χ1n) is 6.76. The third-order valence-electron chi connectivity index (χ3n) is 3.44. The van der Waals surface area contributed by atoms with Gasteiger partial charge >= 0.3 is 0 Å². The summed E-state index contributed by atoms with van der Waals surface area (Å²) in [6, 6.07) is 5.71. The molecule has 20 heavy (non-hydrogen) atoms. The smallest absolute Gasteiger partial charge is 0.232 e. The van der Waals surface area contributed by atoms with Crippen LogP contribution in [-0.4, -0.2) is 32.5 Å². The number of likely N-dealkylation sites (tertiary alicyclic amines) is 1. The number of carbonyl (C=O) groups is 1. The Morgan fingerprint density at radius 3 is 3.05 bits per heavy atom. The van der Waals surface area contributed by atoms with Crippen molar-refractivity contribution in [3.63, 3.8) is 0 Å². The molecule has 0 N–H and O–H groups in total. The second-order valence-electron chi connectivity index (χ2n) is 4.90. The average Bonchev–Trinajstić information content (AvgIpc) is 3.07. The summed E-state index contributed by atoms with van der Waals surface area (Å²) in [6.07, 6.45) is 2.90. The van der Waals surface area contributed by atoms with E-state index in [4.69, 9.17) is 4.52 Å². The zero-order chi connectivity index (χ0) is 13.9. The number of aromatic nitrogens is 3.